The first kappa shape index (κ1) is 12.4. The molecule has 1 unspecified atom stereocenters. The Labute approximate surface area is 109 Å². The summed E-state index contributed by atoms with van der Waals surface area (Å²) in [5.74, 6) is -0.256. The van der Waals surface area contributed by atoms with Crippen LogP contribution < -0.4 is 16.4 Å². The van der Waals surface area contributed by atoms with E-state index in [-0.39, 0.29) is 11.9 Å². The quantitative estimate of drug-likeness (QED) is 0.885. The van der Waals surface area contributed by atoms with Gasteiger partial charge in [0.05, 0.1) is 0 Å². The van der Waals surface area contributed by atoms with Crippen LogP contribution in [0.4, 0.5) is 5.69 Å². The summed E-state index contributed by atoms with van der Waals surface area (Å²) in [5.41, 5.74) is 13.2. The second kappa shape index (κ2) is 5.06. The minimum absolute atomic E-state index is 0.193. The van der Waals surface area contributed by atoms with Crippen molar-refractivity contribution < 1.29 is 4.79 Å². The van der Waals surface area contributed by atoms with Gasteiger partial charge in [0.25, 0.3) is 0 Å². The first-order chi connectivity index (χ1) is 8.13. The third kappa shape index (κ3) is 2.45. The van der Waals surface area contributed by atoms with Gasteiger partial charge in [0, 0.05) is 23.2 Å². The zero-order valence-electron chi connectivity index (χ0n) is 9.53. The predicted octanol–water partition coefficient (Wildman–Crippen LogP) is 1.36. The minimum atomic E-state index is -0.256. The highest BCUT2D eigenvalue weighted by Gasteiger charge is 2.30. The summed E-state index contributed by atoms with van der Waals surface area (Å²) in [6.07, 6.45) is 1.82. The van der Waals surface area contributed by atoms with Gasteiger partial charge in [0.2, 0.25) is 5.91 Å². The molecule has 1 fully saturated rings. The van der Waals surface area contributed by atoms with E-state index in [0.29, 0.717) is 6.54 Å². The first-order valence-corrected chi connectivity index (χ1v) is 6.47. The van der Waals surface area contributed by atoms with Crippen LogP contribution in [0.2, 0.25) is 0 Å². The Kier molecular flexibility index (Phi) is 3.69. The van der Waals surface area contributed by atoms with Crippen molar-refractivity contribution in [1.82, 2.24) is 0 Å². The summed E-state index contributed by atoms with van der Waals surface area (Å²) in [7, 11) is 0. The van der Waals surface area contributed by atoms with Crippen LogP contribution in [0.25, 0.3) is 0 Å². The highest BCUT2D eigenvalue weighted by atomic mass is 79.9. The van der Waals surface area contributed by atoms with E-state index >= 15 is 0 Å². The van der Waals surface area contributed by atoms with Crippen molar-refractivity contribution >= 4 is 27.5 Å². The first-order valence-electron chi connectivity index (χ1n) is 5.68. The number of hydrogen-bond donors (Lipinski definition) is 2. The van der Waals surface area contributed by atoms with Gasteiger partial charge in [0.1, 0.15) is 6.04 Å². The van der Waals surface area contributed by atoms with Crippen LogP contribution in [0.1, 0.15) is 18.4 Å². The number of hydrogen-bond acceptors (Lipinski definition) is 3. The zero-order chi connectivity index (χ0) is 12.4. The summed E-state index contributed by atoms with van der Waals surface area (Å²) in [4.78, 5) is 13.5. The fourth-order valence-electron chi connectivity index (χ4n) is 2.35. The zero-order valence-corrected chi connectivity index (χ0v) is 11.1. The number of primary amides is 1. The molecule has 0 radical (unpaired) electrons. The van der Waals surface area contributed by atoms with Gasteiger partial charge in [-0.3, -0.25) is 4.79 Å². The summed E-state index contributed by atoms with van der Waals surface area (Å²) in [6.45, 7) is 1.32. The van der Waals surface area contributed by atoms with Gasteiger partial charge in [-0.2, -0.15) is 0 Å². The topological polar surface area (TPSA) is 72.3 Å². The van der Waals surface area contributed by atoms with E-state index in [1.807, 2.05) is 18.2 Å². The molecule has 0 saturated carbocycles. The van der Waals surface area contributed by atoms with Crippen LogP contribution in [-0.2, 0) is 11.3 Å². The van der Waals surface area contributed by atoms with Crippen molar-refractivity contribution in [3.63, 3.8) is 0 Å². The molecule has 1 aliphatic rings. The van der Waals surface area contributed by atoms with E-state index < -0.39 is 0 Å². The predicted molar refractivity (Wildman–Crippen MR) is 71.6 cm³/mol. The van der Waals surface area contributed by atoms with Crippen molar-refractivity contribution in [1.29, 1.82) is 0 Å². The van der Waals surface area contributed by atoms with Gasteiger partial charge < -0.3 is 16.4 Å². The number of benzene rings is 1. The van der Waals surface area contributed by atoms with Crippen LogP contribution >= 0.6 is 15.9 Å². The van der Waals surface area contributed by atoms with Crippen LogP contribution in [0.3, 0.4) is 0 Å². The van der Waals surface area contributed by atoms with Crippen molar-refractivity contribution in [2.24, 2.45) is 11.5 Å². The standard InChI is InChI=1S/C12H16BrN3O/c13-9-3-4-10(8(6-9)7-14)16-5-1-2-11(16)12(15)17/h3-4,6,11H,1-2,5,7,14H2,(H2,15,17). The number of carbonyl (C=O) groups is 1. The molecule has 92 valence electrons. The number of anilines is 1. The molecule has 5 heteroatoms. The van der Waals surface area contributed by atoms with Gasteiger partial charge in [0.15, 0.2) is 0 Å². The maximum atomic E-state index is 11.4. The number of rotatable bonds is 3. The summed E-state index contributed by atoms with van der Waals surface area (Å²) >= 11 is 3.42. The molecule has 0 bridgehead atoms. The largest absolute Gasteiger partial charge is 0.368 e. The SMILES string of the molecule is NCc1cc(Br)ccc1N1CCCC1C(N)=O. The van der Waals surface area contributed by atoms with Crippen molar-refractivity contribution in [2.75, 3.05) is 11.4 Å². The molecule has 1 aromatic carbocycles. The molecule has 1 amide bonds. The van der Waals surface area contributed by atoms with Gasteiger partial charge in [-0.05, 0) is 36.6 Å². The molecule has 1 heterocycles. The number of halogens is 1. The third-order valence-electron chi connectivity index (χ3n) is 3.15. The summed E-state index contributed by atoms with van der Waals surface area (Å²) < 4.78 is 0.997. The Bertz CT molecular complexity index is 436. The molecular formula is C12H16BrN3O. The molecule has 0 aliphatic carbocycles. The van der Waals surface area contributed by atoms with Crippen LogP contribution in [0, 0.1) is 0 Å². The number of nitrogens with zero attached hydrogens (tertiary/aromatic N) is 1. The Morgan fingerprint density at radius 3 is 2.94 bits per heavy atom. The van der Waals surface area contributed by atoms with Crippen LogP contribution in [0.5, 0.6) is 0 Å². The molecule has 1 aromatic rings. The van der Waals surface area contributed by atoms with Gasteiger partial charge in [-0.1, -0.05) is 15.9 Å². The maximum Gasteiger partial charge on any atom is 0.240 e. The Hall–Kier alpha value is -1.07. The molecule has 1 atom stereocenters. The second-order valence-electron chi connectivity index (χ2n) is 4.23. The lowest BCUT2D eigenvalue weighted by Crippen LogP contribution is -2.40. The average molecular weight is 298 g/mol. The molecule has 1 saturated heterocycles. The van der Waals surface area contributed by atoms with Gasteiger partial charge in [-0.15, -0.1) is 0 Å². The minimum Gasteiger partial charge on any atom is -0.368 e. The molecule has 1 aliphatic heterocycles. The van der Waals surface area contributed by atoms with Crippen molar-refractivity contribution in [3.8, 4) is 0 Å². The van der Waals surface area contributed by atoms with Crippen LogP contribution in [-0.4, -0.2) is 18.5 Å². The summed E-state index contributed by atoms with van der Waals surface area (Å²) in [5, 5.41) is 0. The highest BCUT2D eigenvalue weighted by Crippen LogP contribution is 2.30. The summed E-state index contributed by atoms with van der Waals surface area (Å²) in [6, 6.07) is 5.76. The second-order valence-corrected chi connectivity index (χ2v) is 5.15. The Balaban J connectivity index is 2.36. The average Bonchev–Trinajstić information content (AvgIpc) is 2.77. The van der Waals surface area contributed by atoms with E-state index in [1.165, 1.54) is 0 Å². The normalized spacial score (nSPS) is 19.6. The van der Waals surface area contributed by atoms with Crippen LogP contribution in [0.15, 0.2) is 22.7 Å². The molecule has 2 rings (SSSR count). The molecule has 0 aromatic heterocycles. The molecule has 4 nitrogen and oxygen atoms in total. The number of amides is 1. The Morgan fingerprint density at radius 1 is 1.53 bits per heavy atom. The van der Waals surface area contributed by atoms with E-state index in [2.05, 4.69) is 20.8 Å². The monoisotopic (exact) mass is 297 g/mol. The van der Waals surface area contributed by atoms with Crippen molar-refractivity contribution in [2.45, 2.75) is 25.4 Å². The lowest BCUT2D eigenvalue weighted by Gasteiger charge is -2.26. The highest BCUT2D eigenvalue weighted by molar-refractivity contribution is 9.10. The Morgan fingerprint density at radius 2 is 2.29 bits per heavy atom. The van der Waals surface area contributed by atoms with Gasteiger partial charge >= 0.3 is 0 Å². The maximum absolute atomic E-state index is 11.4. The third-order valence-corrected chi connectivity index (χ3v) is 3.65. The molecular weight excluding hydrogens is 282 g/mol. The molecule has 0 spiro atoms. The van der Waals surface area contributed by atoms with E-state index in [4.69, 9.17) is 11.5 Å². The van der Waals surface area contributed by atoms with E-state index in [9.17, 15) is 4.79 Å². The number of carbonyl (C=O) groups excluding carboxylic acids is 1. The fraction of sp³-hybridized carbons (Fsp3) is 0.417. The van der Waals surface area contributed by atoms with Crippen molar-refractivity contribution in [3.05, 3.63) is 28.2 Å². The van der Waals surface area contributed by atoms with E-state index in [1.54, 1.807) is 0 Å². The number of nitrogens with two attached hydrogens (primary N) is 2. The van der Waals surface area contributed by atoms with E-state index in [0.717, 1.165) is 35.1 Å². The molecule has 4 N–H and O–H groups in total. The lowest BCUT2D eigenvalue weighted by molar-refractivity contribution is -0.119. The van der Waals surface area contributed by atoms with Gasteiger partial charge in [-0.25, -0.2) is 0 Å². The smallest absolute Gasteiger partial charge is 0.240 e. The fourth-order valence-corrected chi connectivity index (χ4v) is 2.76. The molecule has 17 heavy (non-hydrogen) atoms. The lowest BCUT2D eigenvalue weighted by atomic mass is 10.1.